The van der Waals surface area contributed by atoms with Gasteiger partial charge in [0.25, 0.3) is 0 Å². The van der Waals surface area contributed by atoms with Crippen molar-refractivity contribution < 1.29 is 19.1 Å². The summed E-state index contributed by atoms with van der Waals surface area (Å²) in [5, 5.41) is 2.94. The highest BCUT2D eigenvalue weighted by atomic mass is 16.5. The number of hydrogen-bond donors (Lipinski definition) is 2. The van der Waals surface area contributed by atoms with Crippen molar-refractivity contribution in [2.45, 2.75) is 40.3 Å². The maximum absolute atomic E-state index is 12.8. The molecule has 0 aliphatic heterocycles. The molecule has 1 aromatic carbocycles. The molecular formula is C22H31N3O4. The van der Waals surface area contributed by atoms with Gasteiger partial charge in [-0.05, 0) is 38.3 Å². The topological polar surface area (TPSA) is 83.7 Å². The Morgan fingerprint density at radius 2 is 1.86 bits per heavy atom. The van der Waals surface area contributed by atoms with Gasteiger partial charge in [0, 0.05) is 38.2 Å². The number of carbonyl (C=O) groups excluding carboxylic acids is 2. The Bertz CT molecular complexity index is 802. The molecule has 158 valence electrons. The maximum atomic E-state index is 12.8. The van der Waals surface area contributed by atoms with E-state index in [0.29, 0.717) is 38.4 Å². The van der Waals surface area contributed by atoms with Crippen LogP contribution in [0.5, 0.6) is 0 Å². The summed E-state index contributed by atoms with van der Waals surface area (Å²) >= 11 is 0. The molecule has 0 unspecified atom stereocenters. The zero-order chi connectivity index (χ0) is 21.2. The third-order valence-electron chi connectivity index (χ3n) is 4.67. The first-order valence-corrected chi connectivity index (χ1v) is 9.88. The number of carbonyl (C=O) groups is 2. The summed E-state index contributed by atoms with van der Waals surface area (Å²) in [5.41, 5.74) is 3.96. The number of aryl methyl sites for hydroxylation is 1. The van der Waals surface area contributed by atoms with Crippen molar-refractivity contribution in [1.29, 1.82) is 0 Å². The number of urea groups is 1. The molecular weight excluding hydrogens is 370 g/mol. The molecule has 2 aromatic rings. The molecule has 1 aromatic heterocycles. The van der Waals surface area contributed by atoms with Gasteiger partial charge in [0.1, 0.15) is 0 Å². The summed E-state index contributed by atoms with van der Waals surface area (Å²) in [6, 6.07) is 9.67. The Hall–Kier alpha value is -2.80. The highest BCUT2D eigenvalue weighted by Crippen LogP contribution is 2.21. The van der Waals surface area contributed by atoms with Crippen molar-refractivity contribution in [2.24, 2.45) is 0 Å². The molecule has 0 saturated heterocycles. The number of H-pyrrole nitrogens is 1. The van der Waals surface area contributed by atoms with Gasteiger partial charge < -0.3 is 24.7 Å². The fraction of sp³-hybridized carbons (Fsp3) is 0.455. The van der Waals surface area contributed by atoms with Gasteiger partial charge in [-0.15, -0.1) is 0 Å². The van der Waals surface area contributed by atoms with Crippen molar-refractivity contribution in [3.05, 3.63) is 58.4 Å². The summed E-state index contributed by atoms with van der Waals surface area (Å²) in [5.74, 6) is -0.344. The van der Waals surface area contributed by atoms with Crippen LogP contribution in [0.4, 0.5) is 4.79 Å². The van der Waals surface area contributed by atoms with Gasteiger partial charge >= 0.3 is 12.0 Å². The zero-order valence-corrected chi connectivity index (χ0v) is 17.7. The van der Waals surface area contributed by atoms with Crippen LogP contribution < -0.4 is 5.32 Å². The molecule has 0 aliphatic carbocycles. The largest absolute Gasteiger partial charge is 0.462 e. The molecule has 0 radical (unpaired) electrons. The number of aromatic nitrogens is 1. The van der Waals surface area contributed by atoms with E-state index in [0.717, 1.165) is 28.9 Å². The van der Waals surface area contributed by atoms with E-state index in [1.165, 1.54) is 0 Å². The molecule has 7 nitrogen and oxygen atoms in total. The van der Waals surface area contributed by atoms with Crippen molar-refractivity contribution in [3.8, 4) is 0 Å². The van der Waals surface area contributed by atoms with Crippen LogP contribution in [0.3, 0.4) is 0 Å². The van der Waals surface area contributed by atoms with Gasteiger partial charge in [0.05, 0.1) is 18.7 Å². The molecule has 7 heteroatoms. The minimum atomic E-state index is -0.344. The summed E-state index contributed by atoms with van der Waals surface area (Å²) < 4.78 is 10.2. The highest BCUT2D eigenvalue weighted by molar-refractivity contribution is 5.92. The minimum Gasteiger partial charge on any atom is -0.462 e. The smallest absolute Gasteiger partial charge is 0.340 e. The number of aromatic amines is 1. The van der Waals surface area contributed by atoms with Gasteiger partial charge in [-0.3, -0.25) is 0 Å². The van der Waals surface area contributed by atoms with E-state index in [1.54, 1.807) is 18.9 Å². The first-order chi connectivity index (χ1) is 14.0. The first kappa shape index (κ1) is 22.5. The molecule has 2 rings (SSSR count). The molecule has 2 amide bonds. The maximum Gasteiger partial charge on any atom is 0.340 e. The number of ether oxygens (including phenoxy) is 2. The average Bonchev–Trinajstić information content (AvgIpc) is 2.98. The SMILES string of the molecule is CCOC(=O)c1c(C)[nH]c(CN(Cc2ccccc2)C(=O)NCCCOC)c1C. The number of esters is 1. The number of nitrogens with zero attached hydrogens (tertiary/aromatic N) is 1. The highest BCUT2D eigenvalue weighted by Gasteiger charge is 2.22. The van der Waals surface area contributed by atoms with Gasteiger partial charge in [-0.1, -0.05) is 30.3 Å². The van der Waals surface area contributed by atoms with E-state index >= 15 is 0 Å². The number of benzene rings is 1. The Balaban J connectivity index is 2.19. The first-order valence-electron chi connectivity index (χ1n) is 9.88. The van der Waals surface area contributed by atoms with E-state index in [-0.39, 0.29) is 12.0 Å². The van der Waals surface area contributed by atoms with E-state index in [9.17, 15) is 9.59 Å². The van der Waals surface area contributed by atoms with E-state index < -0.39 is 0 Å². The molecule has 29 heavy (non-hydrogen) atoms. The normalized spacial score (nSPS) is 10.6. The fourth-order valence-electron chi connectivity index (χ4n) is 3.20. The molecule has 2 N–H and O–H groups in total. The fourth-order valence-corrected chi connectivity index (χ4v) is 3.20. The van der Waals surface area contributed by atoms with Crippen molar-refractivity contribution in [3.63, 3.8) is 0 Å². The number of methoxy groups -OCH3 is 1. The van der Waals surface area contributed by atoms with Crippen molar-refractivity contribution >= 4 is 12.0 Å². The van der Waals surface area contributed by atoms with Crippen LogP contribution in [0.2, 0.25) is 0 Å². The average molecular weight is 402 g/mol. The molecule has 0 aliphatic rings. The summed E-state index contributed by atoms with van der Waals surface area (Å²) in [4.78, 5) is 30.1. The van der Waals surface area contributed by atoms with Crippen LogP contribution in [0.25, 0.3) is 0 Å². The Labute approximate surface area is 172 Å². The minimum absolute atomic E-state index is 0.158. The lowest BCUT2D eigenvalue weighted by Gasteiger charge is -2.23. The Morgan fingerprint density at radius 3 is 2.52 bits per heavy atom. The summed E-state index contributed by atoms with van der Waals surface area (Å²) in [6.45, 7) is 7.77. The Morgan fingerprint density at radius 1 is 1.14 bits per heavy atom. The van der Waals surface area contributed by atoms with Crippen LogP contribution in [0.15, 0.2) is 30.3 Å². The second-order valence-electron chi connectivity index (χ2n) is 6.87. The van der Waals surface area contributed by atoms with E-state index in [2.05, 4.69) is 10.3 Å². The van der Waals surface area contributed by atoms with Gasteiger partial charge in [0.2, 0.25) is 0 Å². The number of rotatable bonds is 10. The van der Waals surface area contributed by atoms with Gasteiger partial charge in [-0.2, -0.15) is 0 Å². The monoisotopic (exact) mass is 401 g/mol. The second kappa shape index (κ2) is 11.3. The molecule has 0 saturated carbocycles. The lowest BCUT2D eigenvalue weighted by atomic mass is 10.1. The molecule has 0 bridgehead atoms. The van der Waals surface area contributed by atoms with Gasteiger partial charge in [-0.25, -0.2) is 9.59 Å². The molecule has 0 fully saturated rings. The Kier molecular flexibility index (Phi) is 8.73. The standard InChI is InChI=1S/C22H31N3O4/c1-5-29-21(26)20-16(2)19(24-17(20)3)15-25(14-18-10-7-6-8-11-18)22(27)23-12-9-13-28-4/h6-8,10-11,24H,5,9,12-15H2,1-4H3,(H,23,27). The lowest BCUT2D eigenvalue weighted by molar-refractivity contribution is 0.0525. The van der Waals surface area contributed by atoms with Crippen LogP contribution in [-0.4, -0.2) is 48.8 Å². The quantitative estimate of drug-likeness (QED) is 0.471. The van der Waals surface area contributed by atoms with Crippen molar-refractivity contribution in [1.82, 2.24) is 15.2 Å². The number of amides is 2. The van der Waals surface area contributed by atoms with Crippen LogP contribution in [0.1, 0.15) is 46.2 Å². The molecule has 0 spiro atoms. The lowest BCUT2D eigenvalue weighted by Crippen LogP contribution is -2.40. The van der Waals surface area contributed by atoms with Crippen LogP contribution >= 0.6 is 0 Å². The number of hydrogen-bond acceptors (Lipinski definition) is 4. The van der Waals surface area contributed by atoms with E-state index in [4.69, 9.17) is 9.47 Å². The second-order valence-corrected chi connectivity index (χ2v) is 6.87. The molecule has 0 atom stereocenters. The third-order valence-corrected chi connectivity index (χ3v) is 4.67. The summed E-state index contributed by atoms with van der Waals surface area (Å²) in [6.07, 6.45) is 0.745. The van der Waals surface area contributed by atoms with Crippen LogP contribution in [0, 0.1) is 13.8 Å². The number of nitrogens with one attached hydrogen (secondary N) is 2. The third kappa shape index (κ3) is 6.35. The molecule has 1 heterocycles. The predicted octanol–water partition coefficient (Wildman–Crippen LogP) is 3.56. The summed E-state index contributed by atoms with van der Waals surface area (Å²) in [7, 11) is 1.64. The van der Waals surface area contributed by atoms with Crippen LogP contribution in [-0.2, 0) is 22.6 Å². The van der Waals surface area contributed by atoms with E-state index in [1.807, 2.05) is 44.2 Å². The predicted molar refractivity (Wildman–Crippen MR) is 112 cm³/mol. The zero-order valence-electron chi connectivity index (χ0n) is 17.7. The van der Waals surface area contributed by atoms with Gasteiger partial charge in [0.15, 0.2) is 0 Å². The van der Waals surface area contributed by atoms with Crippen molar-refractivity contribution in [2.75, 3.05) is 26.9 Å².